The van der Waals surface area contributed by atoms with Crippen LogP contribution in [0.1, 0.15) is 43.8 Å². The predicted octanol–water partition coefficient (Wildman–Crippen LogP) is 3.04. The van der Waals surface area contributed by atoms with E-state index in [0.717, 1.165) is 43.1 Å². The summed E-state index contributed by atoms with van der Waals surface area (Å²) in [5.74, 6) is 0.255. The fourth-order valence-corrected chi connectivity index (χ4v) is 3.34. The van der Waals surface area contributed by atoms with Crippen molar-refractivity contribution in [2.75, 3.05) is 13.1 Å². The van der Waals surface area contributed by atoms with Gasteiger partial charge in [-0.15, -0.1) is 36.2 Å². The molecule has 0 aliphatic carbocycles. The van der Waals surface area contributed by atoms with Crippen LogP contribution >= 0.6 is 36.2 Å². The van der Waals surface area contributed by atoms with Gasteiger partial charge in [0.1, 0.15) is 5.01 Å². The first kappa shape index (κ1) is 20.6. The Kier molecular flexibility index (Phi) is 8.78. The second-order valence-electron chi connectivity index (χ2n) is 5.51. The van der Waals surface area contributed by atoms with E-state index in [9.17, 15) is 4.79 Å². The molecule has 1 amide bonds. The largest absolute Gasteiger partial charge is 0.344 e. The molecule has 0 aromatic carbocycles. The van der Waals surface area contributed by atoms with E-state index in [1.165, 1.54) is 0 Å². The van der Waals surface area contributed by atoms with Crippen LogP contribution in [-0.4, -0.2) is 24.0 Å². The average molecular weight is 354 g/mol. The Labute approximate surface area is 143 Å². The lowest BCUT2D eigenvalue weighted by Gasteiger charge is -2.31. The zero-order valence-electron chi connectivity index (χ0n) is 12.8. The predicted molar refractivity (Wildman–Crippen MR) is 92.7 cm³/mol. The van der Waals surface area contributed by atoms with E-state index in [1.807, 2.05) is 12.3 Å². The van der Waals surface area contributed by atoms with E-state index in [2.05, 4.69) is 29.5 Å². The standard InChI is InChI=1S/C14H23N3OS.2ClH/c1-4-14(3,13-16-10(2)9-19-13)17-12(18)11-6-5-7-15-8-11;;/h9,11,15H,4-8H2,1-3H3,(H,17,18);2*1H. The van der Waals surface area contributed by atoms with E-state index < -0.39 is 0 Å². The molecule has 1 aliphatic rings. The van der Waals surface area contributed by atoms with E-state index in [-0.39, 0.29) is 42.2 Å². The first-order chi connectivity index (χ1) is 9.05. The number of aryl methyl sites for hydroxylation is 1. The van der Waals surface area contributed by atoms with Crippen LogP contribution in [0.15, 0.2) is 5.38 Å². The minimum atomic E-state index is -0.340. The molecule has 2 unspecified atom stereocenters. The molecule has 7 heteroatoms. The summed E-state index contributed by atoms with van der Waals surface area (Å²) in [5, 5.41) is 9.54. The van der Waals surface area contributed by atoms with Gasteiger partial charge in [-0.3, -0.25) is 4.79 Å². The highest BCUT2D eigenvalue weighted by Gasteiger charge is 2.32. The number of carbonyl (C=O) groups is 1. The maximum absolute atomic E-state index is 12.4. The van der Waals surface area contributed by atoms with Crippen LogP contribution in [0.4, 0.5) is 0 Å². The molecule has 2 atom stereocenters. The van der Waals surface area contributed by atoms with Crippen molar-refractivity contribution in [1.82, 2.24) is 15.6 Å². The summed E-state index contributed by atoms with van der Waals surface area (Å²) in [6.45, 7) is 7.97. The lowest BCUT2D eigenvalue weighted by Crippen LogP contribution is -2.48. The molecule has 1 fully saturated rings. The Bertz CT molecular complexity index is 449. The van der Waals surface area contributed by atoms with Crippen molar-refractivity contribution in [3.8, 4) is 0 Å². The number of carbonyl (C=O) groups excluding carboxylic acids is 1. The van der Waals surface area contributed by atoms with Gasteiger partial charge in [0.05, 0.1) is 11.5 Å². The zero-order chi connectivity index (χ0) is 13.9. The smallest absolute Gasteiger partial charge is 0.225 e. The fraction of sp³-hybridized carbons (Fsp3) is 0.714. The molecule has 2 rings (SSSR count). The van der Waals surface area contributed by atoms with E-state index in [0.29, 0.717) is 0 Å². The molecule has 1 aromatic rings. The third-order valence-electron chi connectivity index (χ3n) is 3.86. The molecular formula is C14H25Cl2N3OS. The van der Waals surface area contributed by atoms with Gasteiger partial charge in [-0.05, 0) is 39.7 Å². The third kappa shape index (κ3) is 5.09. The number of piperidine rings is 1. The Hall–Kier alpha value is -0.360. The molecule has 0 spiro atoms. The van der Waals surface area contributed by atoms with Crippen LogP contribution in [0, 0.1) is 12.8 Å². The van der Waals surface area contributed by atoms with Crippen molar-refractivity contribution in [3.05, 3.63) is 16.1 Å². The summed E-state index contributed by atoms with van der Waals surface area (Å²) >= 11 is 1.63. The highest BCUT2D eigenvalue weighted by atomic mass is 35.5. The van der Waals surface area contributed by atoms with E-state index in [4.69, 9.17) is 0 Å². The van der Waals surface area contributed by atoms with Crippen LogP contribution in [0.2, 0.25) is 0 Å². The normalized spacial score (nSPS) is 20.6. The van der Waals surface area contributed by atoms with Crippen molar-refractivity contribution in [2.45, 2.75) is 45.6 Å². The van der Waals surface area contributed by atoms with Gasteiger partial charge in [-0.1, -0.05) is 6.92 Å². The number of thiazole rings is 1. The molecule has 0 radical (unpaired) electrons. The minimum Gasteiger partial charge on any atom is -0.344 e. The second kappa shape index (κ2) is 8.93. The molecule has 4 nitrogen and oxygen atoms in total. The Morgan fingerprint density at radius 2 is 2.29 bits per heavy atom. The highest BCUT2D eigenvalue weighted by molar-refractivity contribution is 7.09. The van der Waals surface area contributed by atoms with Crippen LogP contribution < -0.4 is 10.6 Å². The SMILES string of the molecule is CCC(C)(NC(=O)C1CCCNC1)c1nc(C)cs1.Cl.Cl. The average Bonchev–Trinajstić information content (AvgIpc) is 2.87. The fourth-order valence-electron chi connectivity index (χ4n) is 2.35. The molecule has 0 saturated carbocycles. The van der Waals surface area contributed by atoms with Gasteiger partial charge in [0, 0.05) is 17.6 Å². The Balaban J connectivity index is 0.00000200. The molecule has 2 N–H and O–H groups in total. The number of hydrogen-bond donors (Lipinski definition) is 2. The van der Waals surface area contributed by atoms with Gasteiger partial charge in [-0.25, -0.2) is 4.98 Å². The van der Waals surface area contributed by atoms with Gasteiger partial charge < -0.3 is 10.6 Å². The zero-order valence-corrected chi connectivity index (χ0v) is 15.2. The van der Waals surface area contributed by atoms with Crippen LogP contribution in [0.3, 0.4) is 0 Å². The van der Waals surface area contributed by atoms with Crippen molar-refractivity contribution >= 4 is 42.1 Å². The monoisotopic (exact) mass is 353 g/mol. The summed E-state index contributed by atoms with van der Waals surface area (Å²) in [5.41, 5.74) is 0.682. The second-order valence-corrected chi connectivity index (χ2v) is 6.37. The molecule has 21 heavy (non-hydrogen) atoms. The summed E-state index contributed by atoms with van der Waals surface area (Å²) in [6, 6.07) is 0. The maximum Gasteiger partial charge on any atom is 0.225 e. The van der Waals surface area contributed by atoms with Gasteiger partial charge in [0.25, 0.3) is 0 Å². The first-order valence-corrected chi connectivity index (χ1v) is 7.88. The van der Waals surface area contributed by atoms with Crippen molar-refractivity contribution in [2.24, 2.45) is 5.92 Å². The number of hydrogen-bond acceptors (Lipinski definition) is 4. The van der Waals surface area contributed by atoms with Crippen LogP contribution in [0.25, 0.3) is 0 Å². The first-order valence-electron chi connectivity index (χ1n) is 7.00. The van der Waals surface area contributed by atoms with Crippen LogP contribution in [0.5, 0.6) is 0 Å². The number of nitrogens with one attached hydrogen (secondary N) is 2. The molecule has 1 aromatic heterocycles. The van der Waals surface area contributed by atoms with E-state index in [1.54, 1.807) is 11.3 Å². The van der Waals surface area contributed by atoms with Gasteiger partial charge in [0.15, 0.2) is 0 Å². The number of amides is 1. The molecule has 1 saturated heterocycles. The van der Waals surface area contributed by atoms with Crippen LogP contribution in [-0.2, 0) is 10.3 Å². The maximum atomic E-state index is 12.4. The molecule has 2 heterocycles. The molecular weight excluding hydrogens is 329 g/mol. The summed E-state index contributed by atoms with van der Waals surface area (Å²) < 4.78 is 0. The van der Waals surface area contributed by atoms with Gasteiger partial charge in [0.2, 0.25) is 5.91 Å². The molecule has 122 valence electrons. The summed E-state index contributed by atoms with van der Waals surface area (Å²) in [7, 11) is 0. The minimum absolute atomic E-state index is 0. The summed E-state index contributed by atoms with van der Waals surface area (Å²) in [6.07, 6.45) is 2.92. The number of aromatic nitrogens is 1. The van der Waals surface area contributed by atoms with Crippen molar-refractivity contribution < 1.29 is 4.79 Å². The lowest BCUT2D eigenvalue weighted by atomic mass is 9.94. The Morgan fingerprint density at radius 3 is 2.76 bits per heavy atom. The third-order valence-corrected chi connectivity index (χ3v) is 5.09. The highest BCUT2D eigenvalue weighted by Crippen LogP contribution is 2.28. The Morgan fingerprint density at radius 1 is 1.57 bits per heavy atom. The number of rotatable bonds is 4. The summed E-state index contributed by atoms with van der Waals surface area (Å²) in [4.78, 5) is 16.9. The van der Waals surface area contributed by atoms with Gasteiger partial charge >= 0.3 is 0 Å². The van der Waals surface area contributed by atoms with Gasteiger partial charge in [-0.2, -0.15) is 0 Å². The van der Waals surface area contributed by atoms with E-state index >= 15 is 0 Å². The quantitative estimate of drug-likeness (QED) is 0.874. The molecule has 1 aliphatic heterocycles. The molecule has 0 bridgehead atoms. The lowest BCUT2D eigenvalue weighted by molar-refractivity contribution is -0.127. The van der Waals surface area contributed by atoms with Crippen molar-refractivity contribution in [3.63, 3.8) is 0 Å². The number of nitrogens with zero attached hydrogens (tertiary/aromatic N) is 1. The topological polar surface area (TPSA) is 54.0 Å². The van der Waals surface area contributed by atoms with Crippen molar-refractivity contribution in [1.29, 1.82) is 0 Å². The number of halogens is 2.